The van der Waals surface area contributed by atoms with Crippen LogP contribution in [-0.4, -0.2) is 11.8 Å². The summed E-state index contributed by atoms with van der Waals surface area (Å²) in [6, 6.07) is 19.3. The lowest BCUT2D eigenvalue weighted by atomic mass is 10.00. The number of carbonyl (C=O) groups is 2. The molecule has 0 saturated heterocycles. The van der Waals surface area contributed by atoms with Gasteiger partial charge in [0.25, 0.3) is 0 Å². The van der Waals surface area contributed by atoms with Gasteiger partial charge in [-0.3, -0.25) is 4.79 Å². The molecule has 3 rings (SSSR count). The molecule has 0 amide bonds. The largest absolute Gasteiger partial charge is 0.469 e. The number of esters is 1. The van der Waals surface area contributed by atoms with E-state index in [4.69, 9.17) is 9.15 Å². The summed E-state index contributed by atoms with van der Waals surface area (Å²) in [4.78, 5) is 25.2. The van der Waals surface area contributed by atoms with Gasteiger partial charge in [-0.25, -0.2) is 4.79 Å². The fourth-order valence-corrected chi connectivity index (χ4v) is 2.42. The van der Waals surface area contributed by atoms with Crippen molar-refractivity contribution in [3.8, 4) is 0 Å². The Morgan fingerprint density at radius 3 is 2.12 bits per heavy atom. The van der Waals surface area contributed by atoms with Crippen LogP contribution in [0.2, 0.25) is 0 Å². The SMILES string of the molecule is Cc1occc1C(=O)O[C@H](C(=O)c1ccccc1)c1ccccc1. The second-order valence-corrected chi connectivity index (χ2v) is 5.32. The molecule has 4 nitrogen and oxygen atoms in total. The number of hydrogen-bond acceptors (Lipinski definition) is 4. The van der Waals surface area contributed by atoms with Gasteiger partial charge in [0.1, 0.15) is 11.3 Å². The Kier molecular flexibility index (Phi) is 4.57. The van der Waals surface area contributed by atoms with E-state index in [9.17, 15) is 9.59 Å². The summed E-state index contributed by atoms with van der Waals surface area (Å²) in [6.45, 7) is 1.67. The van der Waals surface area contributed by atoms with Crippen molar-refractivity contribution in [1.29, 1.82) is 0 Å². The summed E-state index contributed by atoms with van der Waals surface area (Å²) in [5.41, 5.74) is 1.43. The molecule has 0 unspecified atom stereocenters. The highest BCUT2D eigenvalue weighted by atomic mass is 16.5. The molecule has 0 saturated carbocycles. The predicted molar refractivity (Wildman–Crippen MR) is 88.8 cm³/mol. The monoisotopic (exact) mass is 320 g/mol. The zero-order chi connectivity index (χ0) is 16.9. The van der Waals surface area contributed by atoms with E-state index < -0.39 is 12.1 Å². The minimum atomic E-state index is -1.00. The first kappa shape index (κ1) is 15.7. The zero-order valence-corrected chi connectivity index (χ0v) is 13.1. The van der Waals surface area contributed by atoms with E-state index in [0.717, 1.165) is 0 Å². The van der Waals surface area contributed by atoms with Crippen molar-refractivity contribution in [2.24, 2.45) is 0 Å². The number of furan rings is 1. The molecule has 0 bridgehead atoms. The Morgan fingerprint density at radius 2 is 1.54 bits per heavy atom. The molecule has 0 aliphatic rings. The van der Waals surface area contributed by atoms with E-state index in [1.54, 1.807) is 55.5 Å². The minimum absolute atomic E-state index is 0.267. The highest BCUT2D eigenvalue weighted by Crippen LogP contribution is 2.24. The lowest BCUT2D eigenvalue weighted by molar-refractivity contribution is 0.0278. The quantitative estimate of drug-likeness (QED) is 0.517. The predicted octanol–water partition coefficient (Wildman–Crippen LogP) is 4.37. The van der Waals surface area contributed by atoms with Gasteiger partial charge in [0.05, 0.1) is 6.26 Å². The number of aryl methyl sites for hydroxylation is 1. The molecule has 1 heterocycles. The maximum atomic E-state index is 12.8. The maximum Gasteiger partial charge on any atom is 0.342 e. The molecule has 0 aliphatic carbocycles. The molecule has 0 fully saturated rings. The van der Waals surface area contributed by atoms with Crippen LogP contribution in [0.15, 0.2) is 77.4 Å². The second-order valence-electron chi connectivity index (χ2n) is 5.32. The highest BCUT2D eigenvalue weighted by molar-refractivity contribution is 6.02. The number of rotatable bonds is 5. The van der Waals surface area contributed by atoms with Gasteiger partial charge in [0, 0.05) is 11.1 Å². The molecule has 4 heteroatoms. The Morgan fingerprint density at radius 1 is 0.917 bits per heavy atom. The number of hydrogen-bond donors (Lipinski definition) is 0. The van der Waals surface area contributed by atoms with E-state index in [2.05, 4.69) is 0 Å². The minimum Gasteiger partial charge on any atom is -0.469 e. The maximum absolute atomic E-state index is 12.8. The van der Waals surface area contributed by atoms with Gasteiger partial charge in [0.15, 0.2) is 6.10 Å². The number of carbonyl (C=O) groups excluding carboxylic acids is 2. The Hall–Kier alpha value is -3.14. The summed E-state index contributed by atoms with van der Waals surface area (Å²) in [5, 5.41) is 0. The third kappa shape index (κ3) is 3.27. The molecule has 24 heavy (non-hydrogen) atoms. The summed E-state index contributed by atoms with van der Waals surface area (Å²) < 4.78 is 10.7. The van der Waals surface area contributed by atoms with E-state index >= 15 is 0 Å². The summed E-state index contributed by atoms with van der Waals surface area (Å²) in [6.07, 6.45) is 0.415. The molecular formula is C20H16O4. The summed E-state index contributed by atoms with van der Waals surface area (Å²) in [7, 11) is 0. The molecule has 3 aromatic rings. The van der Waals surface area contributed by atoms with Crippen LogP contribution in [0.1, 0.15) is 38.1 Å². The first-order valence-corrected chi connectivity index (χ1v) is 7.56. The third-order valence-electron chi connectivity index (χ3n) is 3.70. The van der Waals surface area contributed by atoms with Crippen molar-refractivity contribution in [3.05, 3.63) is 95.4 Å². The van der Waals surface area contributed by atoms with Crippen LogP contribution < -0.4 is 0 Å². The van der Waals surface area contributed by atoms with Crippen LogP contribution in [-0.2, 0) is 4.74 Å². The molecule has 120 valence electrons. The highest BCUT2D eigenvalue weighted by Gasteiger charge is 2.27. The summed E-state index contributed by atoms with van der Waals surface area (Å²) in [5.74, 6) is -0.394. The van der Waals surface area contributed by atoms with Gasteiger partial charge in [-0.15, -0.1) is 0 Å². The third-order valence-corrected chi connectivity index (χ3v) is 3.70. The van der Waals surface area contributed by atoms with Crippen molar-refractivity contribution in [1.82, 2.24) is 0 Å². The van der Waals surface area contributed by atoms with E-state index in [1.807, 2.05) is 12.1 Å². The Balaban J connectivity index is 1.93. The van der Waals surface area contributed by atoms with Crippen LogP contribution in [0.5, 0.6) is 0 Å². The van der Waals surface area contributed by atoms with Gasteiger partial charge in [-0.1, -0.05) is 60.7 Å². The zero-order valence-electron chi connectivity index (χ0n) is 13.1. The molecule has 0 spiro atoms. The Labute approximate surface area is 139 Å². The molecule has 0 radical (unpaired) electrons. The summed E-state index contributed by atoms with van der Waals surface area (Å²) >= 11 is 0. The topological polar surface area (TPSA) is 56.5 Å². The molecule has 1 aromatic heterocycles. The van der Waals surface area contributed by atoms with Crippen LogP contribution in [0.25, 0.3) is 0 Å². The van der Waals surface area contributed by atoms with Gasteiger partial charge in [-0.2, -0.15) is 0 Å². The van der Waals surface area contributed by atoms with Crippen molar-refractivity contribution in [2.45, 2.75) is 13.0 Å². The van der Waals surface area contributed by atoms with Gasteiger partial charge in [-0.05, 0) is 13.0 Å². The van der Waals surface area contributed by atoms with Crippen molar-refractivity contribution >= 4 is 11.8 Å². The number of ketones is 1. The van der Waals surface area contributed by atoms with Crippen LogP contribution in [0, 0.1) is 6.92 Å². The standard InChI is InChI=1S/C20H16O4/c1-14-17(12-13-23-14)20(22)24-19(16-10-6-3-7-11-16)18(21)15-8-4-2-5-9-15/h2-13,19H,1H3/t19-/m0/s1. The van der Waals surface area contributed by atoms with Gasteiger partial charge in [0.2, 0.25) is 5.78 Å². The van der Waals surface area contributed by atoms with Crippen LogP contribution >= 0.6 is 0 Å². The second kappa shape index (κ2) is 6.96. The van der Waals surface area contributed by atoms with Crippen molar-refractivity contribution in [3.63, 3.8) is 0 Å². The Bertz CT molecular complexity index is 834. The van der Waals surface area contributed by atoms with Crippen LogP contribution in [0.3, 0.4) is 0 Å². The smallest absolute Gasteiger partial charge is 0.342 e. The molecule has 0 aliphatic heterocycles. The lowest BCUT2D eigenvalue weighted by Crippen LogP contribution is -2.20. The number of ether oxygens (including phenoxy) is 1. The van der Waals surface area contributed by atoms with Crippen molar-refractivity contribution in [2.75, 3.05) is 0 Å². The lowest BCUT2D eigenvalue weighted by Gasteiger charge is -2.17. The number of Topliss-reactive ketones (excluding diaryl/α,β-unsaturated/α-hetero) is 1. The van der Waals surface area contributed by atoms with E-state index in [1.165, 1.54) is 12.3 Å². The molecule has 0 N–H and O–H groups in total. The first-order valence-electron chi connectivity index (χ1n) is 7.56. The van der Waals surface area contributed by atoms with Gasteiger partial charge >= 0.3 is 5.97 Å². The van der Waals surface area contributed by atoms with E-state index in [0.29, 0.717) is 22.5 Å². The normalized spacial score (nSPS) is 11.7. The van der Waals surface area contributed by atoms with Crippen LogP contribution in [0.4, 0.5) is 0 Å². The fourth-order valence-electron chi connectivity index (χ4n) is 2.42. The van der Waals surface area contributed by atoms with Gasteiger partial charge < -0.3 is 9.15 Å². The van der Waals surface area contributed by atoms with Crippen molar-refractivity contribution < 1.29 is 18.7 Å². The first-order chi connectivity index (χ1) is 11.7. The fraction of sp³-hybridized carbons (Fsp3) is 0.100. The average Bonchev–Trinajstić information content (AvgIpc) is 3.06. The molecular weight excluding hydrogens is 304 g/mol. The molecule has 1 atom stereocenters. The number of benzene rings is 2. The average molecular weight is 320 g/mol. The molecule has 2 aromatic carbocycles. The van der Waals surface area contributed by atoms with E-state index in [-0.39, 0.29) is 5.78 Å².